The normalized spacial score (nSPS) is 10.6. The standard InChI is InChI=1S/C21H17ClN4O4/c1-2-29-19-11-14(12-25-26-20(27)17-13-23-9-10-24-17)3-8-18(19)30-21(28)15-4-6-16(22)7-5-15/h3-13H,2H2,1H3,(H,26,27)/b25-12-. The highest BCUT2D eigenvalue weighted by atomic mass is 35.5. The molecule has 0 atom stereocenters. The van der Waals surface area contributed by atoms with Crippen LogP contribution in [0.3, 0.4) is 0 Å². The maximum atomic E-state index is 12.3. The molecule has 1 aromatic heterocycles. The lowest BCUT2D eigenvalue weighted by Gasteiger charge is -2.11. The molecule has 0 saturated carbocycles. The summed E-state index contributed by atoms with van der Waals surface area (Å²) in [6.07, 6.45) is 5.65. The van der Waals surface area contributed by atoms with Crippen LogP contribution < -0.4 is 14.9 Å². The summed E-state index contributed by atoms with van der Waals surface area (Å²) in [5.74, 6) is -0.398. The first kappa shape index (κ1) is 20.9. The zero-order valence-corrected chi connectivity index (χ0v) is 16.7. The van der Waals surface area contributed by atoms with Crippen molar-refractivity contribution in [2.24, 2.45) is 5.10 Å². The fourth-order valence-corrected chi connectivity index (χ4v) is 2.47. The maximum absolute atomic E-state index is 12.3. The van der Waals surface area contributed by atoms with E-state index < -0.39 is 11.9 Å². The molecule has 0 radical (unpaired) electrons. The largest absolute Gasteiger partial charge is 0.490 e. The molecule has 1 N–H and O–H groups in total. The molecule has 9 heteroatoms. The summed E-state index contributed by atoms with van der Waals surface area (Å²) in [6.45, 7) is 2.18. The number of aromatic nitrogens is 2. The number of hydrogen-bond donors (Lipinski definition) is 1. The van der Waals surface area contributed by atoms with Crippen molar-refractivity contribution in [1.29, 1.82) is 0 Å². The first-order valence-electron chi connectivity index (χ1n) is 8.91. The number of esters is 1. The predicted molar refractivity (Wildman–Crippen MR) is 111 cm³/mol. The van der Waals surface area contributed by atoms with Gasteiger partial charge in [-0.1, -0.05) is 11.6 Å². The van der Waals surface area contributed by atoms with E-state index in [0.29, 0.717) is 28.5 Å². The van der Waals surface area contributed by atoms with Gasteiger partial charge in [0.05, 0.1) is 24.6 Å². The number of halogens is 1. The van der Waals surface area contributed by atoms with Crippen LogP contribution in [0.4, 0.5) is 0 Å². The number of nitrogens with zero attached hydrogens (tertiary/aromatic N) is 3. The van der Waals surface area contributed by atoms with Crippen LogP contribution in [-0.2, 0) is 0 Å². The van der Waals surface area contributed by atoms with Crippen molar-refractivity contribution in [2.75, 3.05) is 6.61 Å². The number of amides is 1. The Morgan fingerprint density at radius 2 is 1.93 bits per heavy atom. The Balaban J connectivity index is 1.70. The molecule has 3 rings (SSSR count). The Hall–Kier alpha value is -3.78. The van der Waals surface area contributed by atoms with Gasteiger partial charge in [0.25, 0.3) is 5.91 Å². The topological polar surface area (TPSA) is 103 Å². The van der Waals surface area contributed by atoms with Crippen LogP contribution in [0.1, 0.15) is 33.3 Å². The van der Waals surface area contributed by atoms with E-state index in [4.69, 9.17) is 21.1 Å². The van der Waals surface area contributed by atoms with Crippen LogP contribution in [0.2, 0.25) is 5.02 Å². The number of nitrogens with one attached hydrogen (secondary N) is 1. The van der Waals surface area contributed by atoms with Gasteiger partial charge in [0.2, 0.25) is 0 Å². The molecule has 1 heterocycles. The summed E-state index contributed by atoms with van der Waals surface area (Å²) in [5.41, 5.74) is 3.50. The third-order valence-electron chi connectivity index (χ3n) is 3.73. The van der Waals surface area contributed by atoms with Crippen molar-refractivity contribution >= 4 is 29.7 Å². The number of rotatable bonds is 7. The molecule has 0 bridgehead atoms. The Bertz CT molecular complexity index is 1060. The van der Waals surface area contributed by atoms with Gasteiger partial charge in [-0.05, 0) is 55.0 Å². The van der Waals surface area contributed by atoms with Crippen molar-refractivity contribution in [1.82, 2.24) is 15.4 Å². The number of carbonyl (C=O) groups excluding carboxylic acids is 2. The van der Waals surface area contributed by atoms with E-state index in [1.165, 1.54) is 24.8 Å². The lowest BCUT2D eigenvalue weighted by Crippen LogP contribution is -2.19. The second-order valence-corrected chi connectivity index (χ2v) is 6.26. The van der Waals surface area contributed by atoms with Gasteiger partial charge in [0.1, 0.15) is 5.69 Å². The summed E-state index contributed by atoms with van der Waals surface area (Å²) in [4.78, 5) is 32.0. The monoisotopic (exact) mass is 424 g/mol. The molecule has 152 valence electrons. The van der Waals surface area contributed by atoms with Gasteiger partial charge >= 0.3 is 5.97 Å². The van der Waals surface area contributed by atoms with Crippen LogP contribution in [-0.4, -0.2) is 34.7 Å². The van der Waals surface area contributed by atoms with Crippen molar-refractivity contribution < 1.29 is 19.1 Å². The average Bonchev–Trinajstić information content (AvgIpc) is 2.76. The van der Waals surface area contributed by atoms with Gasteiger partial charge in [-0.25, -0.2) is 15.2 Å². The quantitative estimate of drug-likeness (QED) is 0.269. The molecule has 1 amide bonds. The average molecular weight is 425 g/mol. The lowest BCUT2D eigenvalue weighted by atomic mass is 10.2. The second kappa shape index (κ2) is 10.1. The summed E-state index contributed by atoms with van der Waals surface area (Å²) in [6, 6.07) is 11.3. The van der Waals surface area contributed by atoms with Crippen LogP contribution in [0, 0.1) is 0 Å². The third-order valence-corrected chi connectivity index (χ3v) is 3.98. The smallest absolute Gasteiger partial charge is 0.343 e. The lowest BCUT2D eigenvalue weighted by molar-refractivity contribution is 0.0728. The number of hydrazone groups is 1. The molecular formula is C21H17ClN4O4. The Kier molecular flexibility index (Phi) is 7.07. The fraction of sp³-hybridized carbons (Fsp3) is 0.0952. The molecule has 8 nitrogen and oxygen atoms in total. The molecule has 0 aliphatic carbocycles. The van der Waals surface area contributed by atoms with Gasteiger partial charge < -0.3 is 9.47 Å². The summed E-state index contributed by atoms with van der Waals surface area (Å²) >= 11 is 5.84. The van der Waals surface area contributed by atoms with E-state index in [1.54, 1.807) is 42.5 Å². The van der Waals surface area contributed by atoms with E-state index in [-0.39, 0.29) is 11.4 Å². The molecule has 3 aromatic rings. The molecular weight excluding hydrogens is 408 g/mol. The number of ether oxygens (including phenoxy) is 2. The van der Waals surface area contributed by atoms with Crippen LogP contribution >= 0.6 is 11.6 Å². The highest BCUT2D eigenvalue weighted by Gasteiger charge is 2.13. The SMILES string of the molecule is CCOc1cc(/C=N\NC(=O)c2cnccn2)ccc1OC(=O)c1ccc(Cl)cc1. The number of carbonyl (C=O) groups is 2. The molecule has 0 unspecified atom stereocenters. The van der Waals surface area contributed by atoms with Crippen LogP contribution in [0.5, 0.6) is 11.5 Å². The fourth-order valence-electron chi connectivity index (χ4n) is 2.34. The third kappa shape index (κ3) is 5.62. The minimum Gasteiger partial charge on any atom is -0.490 e. The van der Waals surface area contributed by atoms with Gasteiger partial charge in [-0.2, -0.15) is 5.10 Å². The maximum Gasteiger partial charge on any atom is 0.343 e. The Morgan fingerprint density at radius 1 is 1.13 bits per heavy atom. The minimum atomic E-state index is -0.537. The van der Waals surface area contributed by atoms with Crippen molar-refractivity contribution in [3.05, 3.63) is 82.9 Å². The van der Waals surface area contributed by atoms with E-state index in [9.17, 15) is 9.59 Å². The van der Waals surface area contributed by atoms with E-state index in [2.05, 4.69) is 20.5 Å². The number of hydrogen-bond acceptors (Lipinski definition) is 7. The van der Waals surface area contributed by atoms with E-state index in [0.717, 1.165) is 0 Å². The van der Waals surface area contributed by atoms with Crippen LogP contribution in [0.15, 0.2) is 66.2 Å². The number of benzene rings is 2. The molecule has 2 aromatic carbocycles. The predicted octanol–water partition coefficient (Wildman–Crippen LogP) is 3.51. The van der Waals surface area contributed by atoms with Gasteiger partial charge in [0, 0.05) is 17.4 Å². The van der Waals surface area contributed by atoms with Crippen molar-refractivity contribution in [3.8, 4) is 11.5 Å². The second-order valence-electron chi connectivity index (χ2n) is 5.83. The van der Waals surface area contributed by atoms with Crippen molar-refractivity contribution in [3.63, 3.8) is 0 Å². The molecule has 0 fully saturated rings. The van der Waals surface area contributed by atoms with Crippen molar-refractivity contribution in [2.45, 2.75) is 6.92 Å². The van der Waals surface area contributed by atoms with Gasteiger partial charge in [0.15, 0.2) is 11.5 Å². The molecule has 0 saturated heterocycles. The zero-order valence-electron chi connectivity index (χ0n) is 15.9. The Morgan fingerprint density at radius 3 is 2.63 bits per heavy atom. The molecule has 0 aliphatic rings. The minimum absolute atomic E-state index is 0.147. The van der Waals surface area contributed by atoms with E-state index >= 15 is 0 Å². The van der Waals surface area contributed by atoms with E-state index in [1.807, 2.05) is 6.92 Å². The summed E-state index contributed by atoms with van der Waals surface area (Å²) < 4.78 is 11.0. The molecule has 0 aliphatic heterocycles. The molecule has 0 spiro atoms. The first-order valence-corrected chi connectivity index (χ1v) is 9.28. The Labute approximate surface area is 177 Å². The summed E-state index contributed by atoms with van der Waals surface area (Å²) in [7, 11) is 0. The van der Waals surface area contributed by atoms with Gasteiger partial charge in [-0.3, -0.25) is 9.78 Å². The summed E-state index contributed by atoms with van der Waals surface area (Å²) in [5, 5.41) is 4.42. The van der Waals surface area contributed by atoms with Gasteiger partial charge in [-0.15, -0.1) is 0 Å². The molecule has 30 heavy (non-hydrogen) atoms. The highest BCUT2D eigenvalue weighted by Crippen LogP contribution is 2.29. The first-order chi connectivity index (χ1) is 14.6. The zero-order chi connectivity index (χ0) is 21.3. The van der Waals surface area contributed by atoms with Crippen LogP contribution in [0.25, 0.3) is 0 Å². The highest BCUT2D eigenvalue weighted by molar-refractivity contribution is 6.30.